The fraction of sp³-hybridized carbons (Fsp3) is 0.944. The molecule has 0 aliphatic carbocycles. The van der Waals surface area contributed by atoms with Crippen LogP contribution in [-0.2, 0) is 0 Å². The lowest BCUT2D eigenvalue weighted by Gasteiger charge is -2.29. The average Bonchev–Trinajstić information content (AvgIpc) is 2.98. The van der Waals surface area contributed by atoms with E-state index in [4.69, 9.17) is 0 Å². The fourth-order valence-corrected chi connectivity index (χ4v) is 3.63. The van der Waals surface area contributed by atoms with Gasteiger partial charge in [0.15, 0.2) is 5.96 Å². The highest BCUT2D eigenvalue weighted by molar-refractivity contribution is 14.0. The van der Waals surface area contributed by atoms with Crippen molar-refractivity contribution in [2.75, 3.05) is 52.4 Å². The van der Waals surface area contributed by atoms with Gasteiger partial charge in [-0.2, -0.15) is 13.2 Å². The van der Waals surface area contributed by atoms with Crippen LogP contribution in [0.1, 0.15) is 39.5 Å². The van der Waals surface area contributed by atoms with Crippen molar-refractivity contribution >= 4 is 29.9 Å². The minimum absolute atomic E-state index is 0. The van der Waals surface area contributed by atoms with Crippen LogP contribution < -0.4 is 10.6 Å². The van der Waals surface area contributed by atoms with E-state index in [1.165, 1.54) is 30.8 Å². The Labute approximate surface area is 178 Å². The maximum absolute atomic E-state index is 12.5. The van der Waals surface area contributed by atoms with Gasteiger partial charge in [-0.25, -0.2) is 0 Å². The van der Waals surface area contributed by atoms with Crippen molar-refractivity contribution in [1.82, 2.24) is 20.4 Å². The molecule has 2 fully saturated rings. The fourth-order valence-electron chi connectivity index (χ4n) is 3.63. The summed E-state index contributed by atoms with van der Waals surface area (Å²) in [6.07, 6.45) is 0.162. The Morgan fingerprint density at radius 3 is 2.41 bits per heavy atom. The summed E-state index contributed by atoms with van der Waals surface area (Å²) >= 11 is 0. The van der Waals surface area contributed by atoms with Crippen molar-refractivity contribution in [3.8, 4) is 0 Å². The number of guanidine groups is 1. The van der Waals surface area contributed by atoms with E-state index in [2.05, 4.69) is 27.4 Å². The number of likely N-dealkylation sites (tertiary alicyclic amines) is 2. The highest BCUT2D eigenvalue weighted by Crippen LogP contribution is 2.20. The number of rotatable bonds is 7. The molecule has 2 saturated heterocycles. The lowest BCUT2D eigenvalue weighted by atomic mass is 9.99. The largest absolute Gasteiger partial charge is 0.401 e. The molecule has 5 nitrogen and oxygen atoms in total. The topological polar surface area (TPSA) is 42.9 Å². The number of hydrogen-bond acceptors (Lipinski definition) is 3. The van der Waals surface area contributed by atoms with Crippen LogP contribution in [0.3, 0.4) is 0 Å². The molecule has 9 heteroatoms. The molecular weight excluding hydrogens is 470 g/mol. The first kappa shape index (κ1) is 24.7. The molecule has 1 unspecified atom stereocenters. The third-order valence-electron chi connectivity index (χ3n) is 5.14. The van der Waals surface area contributed by atoms with Gasteiger partial charge < -0.3 is 15.5 Å². The molecule has 0 bridgehead atoms. The van der Waals surface area contributed by atoms with Crippen molar-refractivity contribution in [1.29, 1.82) is 0 Å². The second-order valence-electron chi connectivity index (χ2n) is 7.62. The first-order valence-electron chi connectivity index (χ1n) is 9.92. The van der Waals surface area contributed by atoms with Gasteiger partial charge in [0.2, 0.25) is 0 Å². The van der Waals surface area contributed by atoms with Crippen LogP contribution in [0.25, 0.3) is 0 Å². The molecule has 0 aromatic heterocycles. The molecule has 2 aliphatic heterocycles. The molecule has 0 aromatic carbocycles. The molecule has 1 atom stereocenters. The zero-order chi connectivity index (χ0) is 19.0. The zero-order valence-electron chi connectivity index (χ0n) is 16.5. The van der Waals surface area contributed by atoms with Gasteiger partial charge in [0, 0.05) is 32.2 Å². The van der Waals surface area contributed by atoms with E-state index >= 15 is 0 Å². The third-order valence-corrected chi connectivity index (χ3v) is 5.14. The van der Waals surface area contributed by atoms with Crippen LogP contribution in [-0.4, -0.2) is 80.3 Å². The van der Waals surface area contributed by atoms with E-state index in [0.29, 0.717) is 19.5 Å². The summed E-state index contributed by atoms with van der Waals surface area (Å²) in [6, 6.07) is 0.0266. The van der Waals surface area contributed by atoms with Crippen molar-refractivity contribution in [3.63, 3.8) is 0 Å². The van der Waals surface area contributed by atoms with Gasteiger partial charge >= 0.3 is 6.18 Å². The molecule has 0 saturated carbocycles. The maximum Gasteiger partial charge on any atom is 0.401 e. The number of halogens is 4. The molecule has 2 heterocycles. The van der Waals surface area contributed by atoms with Crippen LogP contribution in [0, 0.1) is 5.92 Å². The molecule has 0 amide bonds. The predicted molar refractivity (Wildman–Crippen MR) is 115 cm³/mol. The second-order valence-corrected chi connectivity index (χ2v) is 7.62. The van der Waals surface area contributed by atoms with Crippen molar-refractivity contribution < 1.29 is 13.2 Å². The molecular formula is C18H35F3IN5. The SMILES string of the molecule is CCNC(=NCCCN1CCC(C)CC1)NC1CCN(CC(F)(F)F)C1.I. The second kappa shape index (κ2) is 12.3. The first-order valence-corrected chi connectivity index (χ1v) is 9.92. The van der Waals surface area contributed by atoms with Gasteiger partial charge in [0.1, 0.15) is 0 Å². The highest BCUT2D eigenvalue weighted by Gasteiger charge is 2.34. The van der Waals surface area contributed by atoms with Crippen LogP contribution in [0.5, 0.6) is 0 Å². The van der Waals surface area contributed by atoms with Crippen molar-refractivity contribution in [2.45, 2.75) is 51.7 Å². The smallest absolute Gasteiger partial charge is 0.357 e. The summed E-state index contributed by atoms with van der Waals surface area (Å²) in [6.45, 7) is 9.28. The molecule has 0 radical (unpaired) electrons. The van der Waals surface area contributed by atoms with E-state index in [1.807, 2.05) is 6.92 Å². The van der Waals surface area contributed by atoms with Crippen LogP contribution in [0.2, 0.25) is 0 Å². The van der Waals surface area contributed by atoms with Gasteiger partial charge in [0.05, 0.1) is 6.54 Å². The quantitative estimate of drug-likeness (QED) is 0.242. The molecule has 2 aliphatic rings. The van der Waals surface area contributed by atoms with E-state index < -0.39 is 12.7 Å². The van der Waals surface area contributed by atoms with Gasteiger partial charge in [-0.3, -0.25) is 9.89 Å². The lowest BCUT2D eigenvalue weighted by Crippen LogP contribution is -2.45. The summed E-state index contributed by atoms with van der Waals surface area (Å²) < 4.78 is 37.5. The molecule has 2 rings (SSSR count). The summed E-state index contributed by atoms with van der Waals surface area (Å²) in [7, 11) is 0. The van der Waals surface area contributed by atoms with Gasteiger partial charge in [-0.05, 0) is 58.2 Å². The van der Waals surface area contributed by atoms with Crippen LogP contribution >= 0.6 is 24.0 Å². The van der Waals surface area contributed by atoms with E-state index in [0.717, 1.165) is 37.9 Å². The molecule has 0 aromatic rings. The molecule has 0 spiro atoms. The predicted octanol–water partition coefficient (Wildman–Crippen LogP) is 2.92. The number of nitrogens with one attached hydrogen (secondary N) is 2. The van der Waals surface area contributed by atoms with Crippen molar-refractivity contribution in [2.24, 2.45) is 10.9 Å². The minimum Gasteiger partial charge on any atom is -0.357 e. The monoisotopic (exact) mass is 505 g/mol. The van der Waals surface area contributed by atoms with Gasteiger partial charge in [-0.1, -0.05) is 6.92 Å². The number of hydrogen-bond donors (Lipinski definition) is 2. The first-order chi connectivity index (χ1) is 12.4. The number of aliphatic imine (C=N–C) groups is 1. The van der Waals surface area contributed by atoms with E-state index in [1.54, 1.807) is 0 Å². The number of piperidine rings is 1. The average molecular weight is 505 g/mol. The Hall–Kier alpha value is -0.290. The molecule has 160 valence electrons. The normalized spacial score (nSPS) is 23.3. The standard InChI is InChI=1S/C18H34F3N5.HI/c1-3-22-17(23-8-4-9-25-10-5-15(2)6-11-25)24-16-7-12-26(13-16)14-18(19,20)21;/h15-16H,3-14H2,1-2H3,(H2,22,23,24);1H. The zero-order valence-corrected chi connectivity index (χ0v) is 18.9. The Kier molecular flexibility index (Phi) is 11.3. The van der Waals surface area contributed by atoms with Crippen LogP contribution in [0.4, 0.5) is 13.2 Å². The van der Waals surface area contributed by atoms with Crippen molar-refractivity contribution in [3.05, 3.63) is 0 Å². The Balaban J connectivity index is 0.00000364. The summed E-state index contributed by atoms with van der Waals surface area (Å²) in [5, 5.41) is 6.49. The maximum atomic E-state index is 12.5. The lowest BCUT2D eigenvalue weighted by molar-refractivity contribution is -0.143. The summed E-state index contributed by atoms with van der Waals surface area (Å²) in [5.74, 6) is 1.57. The van der Waals surface area contributed by atoms with Gasteiger partial charge in [-0.15, -0.1) is 24.0 Å². The Morgan fingerprint density at radius 2 is 1.78 bits per heavy atom. The van der Waals surface area contributed by atoms with E-state index in [9.17, 15) is 13.2 Å². The van der Waals surface area contributed by atoms with Crippen LogP contribution in [0.15, 0.2) is 4.99 Å². The Morgan fingerprint density at radius 1 is 1.11 bits per heavy atom. The summed E-state index contributed by atoms with van der Waals surface area (Å²) in [4.78, 5) is 8.56. The van der Waals surface area contributed by atoms with E-state index in [-0.39, 0.29) is 30.0 Å². The minimum atomic E-state index is -4.13. The Bertz CT molecular complexity index is 439. The highest BCUT2D eigenvalue weighted by atomic mass is 127. The number of nitrogens with zero attached hydrogens (tertiary/aromatic N) is 3. The molecule has 2 N–H and O–H groups in total. The third kappa shape index (κ3) is 10.2. The number of alkyl halides is 3. The summed E-state index contributed by atoms with van der Waals surface area (Å²) in [5.41, 5.74) is 0. The van der Waals surface area contributed by atoms with Gasteiger partial charge in [0.25, 0.3) is 0 Å². The molecule has 27 heavy (non-hydrogen) atoms.